The van der Waals surface area contributed by atoms with E-state index in [2.05, 4.69) is 9.98 Å². The third kappa shape index (κ3) is 2.47. The Balaban J connectivity index is 3.24. The van der Waals surface area contributed by atoms with Crippen LogP contribution in [0.4, 0.5) is 19.0 Å². The number of aromatic nitrogens is 2. The van der Waals surface area contributed by atoms with Gasteiger partial charge in [0.05, 0.1) is 12.0 Å². The van der Waals surface area contributed by atoms with Crippen molar-refractivity contribution in [1.29, 1.82) is 5.41 Å². The molecule has 0 unspecified atom stereocenters. The lowest BCUT2D eigenvalue weighted by Crippen LogP contribution is -2.19. The zero-order valence-corrected chi connectivity index (χ0v) is 9.05. The average molecular weight is 232 g/mol. The van der Waals surface area contributed by atoms with Gasteiger partial charge in [0.2, 0.25) is 0 Å². The molecule has 7 heteroatoms. The summed E-state index contributed by atoms with van der Waals surface area (Å²) in [5.41, 5.74) is -0.723. The summed E-state index contributed by atoms with van der Waals surface area (Å²) < 4.78 is 38.2. The lowest BCUT2D eigenvalue weighted by molar-refractivity contribution is -0.0591. The Labute approximate surface area is 90.3 Å². The number of halogens is 3. The second-order valence-corrected chi connectivity index (χ2v) is 3.35. The van der Waals surface area contributed by atoms with Gasteiger partial charge in [0.25, 0.3) is 0 Å². The molecule has 1 aromatic heterocycles. The van der Waals surface area contributed by atoms with Gasteiger partial charge in [-0.3, -0.25) is 0 Å². The molecule has 1 rings (SSSR count). The Kier molecular flexibility index (Phi) is 3.16. The molecule has 16 heavy (non-hydrogen) atoms. The Morgan fingerprint density at radius 1 is 1.44 bits per heavy atom. The Bertz CT molecular complexity index is 442. The van der Waals surface area contributed by atoms with E-state index in [-0.39, 0.29) is 17.2 Å². The van der Waals surface area contributed by atoms with Gasteiger partial charge in [-0.05, 0) is 13.8 Å². The highest BCUT2D eigenvalue weighted by molar-refractivity contribution is 6.00. The van der Waals surface area contributed by atoms with Gasteiger partial charge in [0.15, 0.2) is 5.82 Å². The maximum Gasteiger partial charge on any atom is 0.429 e. The summed E-state index contributed by atoms with van der Waals surface area (Å²) >= 11 is 0. The highest BCUT2D eigenvalue weighted by atomic mass is 19.4. The van der Waals surface area contributed by atoms with Gasteiger partial charge in [0, 0.05) is 7.05 Å². The fraction of sp³-hybridized carbons (Fsp3) is 0.444. The molecule has 88 valence electrons. The monoisotopic (exact) mass is 232 g/mol. The number of nitrogens with one attached hydrogen (secondary N) is 1. The molecule has 0 aliphatic rings. The molecule has 1 N–H and O–H groups in total. The smallest absolute Gasteiger partial charge is 0.318 e. The van der Waals surface area contributed by atoms with E-state index in [1.165, 1.54) is 24.9 Å². The van der Waals surface area contributed by atoms with E-state index in [4.69, 9.17) is 5.41 Å². The van der Waals surface area contributed by atoms with Crippen LogP contribution in [-0.4, -0.2) is 27.2 Å². The summed E-state index contributed by atoms with van der Waals surface area (Å²) in [5, 5.41) is 7.36. The van der Waals surface area contributed by atoms with E-state index in [9.17, 15) is 13.2 Å². The van der Waals surface area contributed by atoms with Gasteiger partial charge in [0.1, 0.15) is 11.4 Å². The predicted molar refractivity (Wildman–Crippen MR) is 54.5 cm³/mol. The van der Waals surface area contributed by atoms with Crippen molar-refractivity contribution in [2.24, 2.45) is 12.0 Å². The zero-order chi connectivity index (χ0) is 12.5. The first-order valence-corrected chi connectivity index (χ1v) is 4.42. The minimum absolute atomic E-state index is 0.0438. The third-order valence-corrected chi connectivity index (χ3v) is 1.94. The molecule has 0 aromatic carbocycles. The molecule has 0 bridgehead atoms. The van der Waals surface area contributed by atoms with Crippen molar-refractivity contribution in [1.82, 2.24) is 9.55 Å². The topological polar surface area (TPSA) is 54.0 Å². The number of rotatable bonds is 2. The van der Waals surface area contributed by atoms with Gasteiger partial charge >= 0.3 is 6.18 Å². The van der Waals surface area contributed by atoms with Crippen molar-refractivity contribution in [3.05, 3.63) is 12.0 Å². The number of alkyl halides is 3. The van der Waals surface area contributed by atoms with Crippen LogP contribution in [0.2, 0.25) is 0 Å². The first kappa shape index (κ1) is 12.4. The first-order valence-electron chi connectivity index (χ1n) is 4.42. The largest absolute Gasteiger partial charge is 0.429 e. The van der Waals surface area contributed by atoms with E-state index >= 15 is 0 Å². The summed E-state index contributed by atoms with van der Waals surface area (Å²) in [6, 6.07) is 0. The summed E-state index contributed by atoms with van der Waals surface area (Å²) in [6.45, 7) is 2.33. The van der Waals surface area contributed by atoms with Gasteiger partial charge in [-0.15, -0.1) is 0 Å². The number of aryl methyl sites for hydroxylation is 1. The lowest BCUT2D eigenvalue weighted by atomic mass is 10.3. The van der Waals surface area contributed by atoms with Crippen LogP contribution < -0.4 is 0 Å². The molecule has 0 saturated heterocycles. The van der Waals surface area contributed by atoms with Crippen LogP contribution in [0, 0.1) is 5.41 Å². The summed E-state index contributed by atoms with van der Waals surface area (Å²) in [6.07, 6.45) is -3.13. The molecule has 4 nitrogen and oxygen atoms in total. The SMILES string of the molecule is CC(=N)c1ncn(C)c1N=C(C)C(F)(F)F. The van der Waals surface area contributed by atoms with Crippen molar-refractivity contribution in [2.45, 2.75) is 20.0 Å². The average Bonchev–Trinajstić information content (AvgIpc) is 2.46. The normalized spacial score (nSPS) is 13.0. The first-order chi connectivity index (χ1) is 7.23. The van der Waals surface area contributed by atoms with E-state index in [0.29, 0.717) is 0 Å². The summed E-state index contributed by atoms with van der Waals surface area (Å²) in [5.74, 6) is 0.0438. The number of hydrogen-bond donors (Lipinski definition) is 1. The number of aliphatic imine (C=N–C) groups is 1. The molecular weight excluding hydrogens is 221 g/mol. The van der Waals surface area contributed by atoms with Crippen LogP contribution in [0.15, 0.2) is 11.3 Å². The Morgan fingerprint density at radius 3 is 2.44 bits per heavy atom. The molecule has 0 aliphatic heterocycles. The van der Waals surface area contributed by atoms with Gasteiger partial charge in [-0.2, -0.15) is 13.2 Å². The minimum Gasteiger partial charge on any atom is -0.318 e. The molecule has 0 atom stereocenters. The summed E-state index contributed by atoms with van der Waals surface area (Å²) in [7, 11) is 1.53. The van der Waals surface area contributed by atoms with Crippen LogP contribution >= 0.6 is 0 Å². The molecule has 0 saturated carbocycles. The highest BCUT2D eigenvalue weighted by Crippen LogP contribution is 2.23. The number of nitrogens with zero attached hydrogens (tertiary/aromatic N) is 3. The Morgan fingerprint density at radius 2 is 2.00 bits per heavy atom. The fourth-order valence-corrected chi connectivity index (χ4v) is 1.04. The molecular formula is C9H11F3N4. The van der Waals surface area contributed by atoms with Crippen molar-refractivity contribution in [2.75, 3.05) is 0 Å². The van der Waals surface area contributed by atoms with Crippen LogP contribution in [0.1, 0.15) is 19.5 Å². The number of hydrogen-bond acceptors (Lipinski definition) is 3. The van der Waals surface area contributed by atoms with Crippen LogP contribution in [0.5, 0.6) is 0 Å². The second kappa shape index (κ2) is 4.07. The molecule has 1 heterocycles. The molecule has 0 fully saturated rings. The van der Waals surface area contributed by atoms with E-state index in [1.54, 1.807) is 0 Å². The van der Waals surface area contributed by atoms with Gasteiger partial charge in [-0.25, -0.2) is 9.98 Å². The van der Waals surface area contributed by atoms with Crippen LogP contribution in [0.3, 0.4) is 0 Å². The molecule has 1 aromatic rings. The standard InChI is InChI=1S/C9H11F3N4/c1-5(13)7-8(16(3)4-14-7)15-6(2)9(10,11)12/h4,13H,1-3H3. The molecule has 0 spiro atoms. The third-order valence-electron chi connectivity index (χ3n) is 1.94. The predicted octanol–water partition coefficient (Wildman–Crippen LogP) is 2.46. The molecule has 0 radical (unpaired) electrons. The fourth-order valence-electron chi connectivity index (χ4n) is 1.04. The van der Waals surface area contributed by atoms with Crippen molar-refractivity contribution in [3.8, 4) is 0 Å². The maximum atomic E-state index is 12.3. The van der Waals surface area contributed by atoms with Crippen molar-refractivity contribution >= 4 is 17.2 Å². The van der Waals surface area contributed by atoms with Crippen LogP contribution in [-0.2, 0) is 7.05 Å². The molecule has 0 aliphatic carbocycles. The van der Waals surface area contributed by atoms with Crippen LogP contribution in [0.25, 0.3) is 0 Å². The summed E-state index contributed by atoms with van der Waals surface area (Å²) in [4.78, 5) is 7.28. The molecule has 0 amide bonds. The van der Waals surface area contributed by atoms with Crippen molar-refractivity contribution in [3.63, 3.8) is 0 Å². The van der Waals surface area contributed by atoms with E-state index in [1.807, 2.05) is 0 Å². The maximum absolute atomic E-state index is 12.3. The van der Waals surface area contributed by atoms with Crippen molar-refractivity contribution < 1.29 is 13.2 Å². The quantitative estimate of drug-likeness (QED) is 0.782. The van der Waals surface area contributed by atoms with E-state index in [0.717, 1.165) is 6.92 Å². The van der Waals surface area contributed by atoms with E-state index < -0.39 is 11.9 Å². The van der Waals surface area contributed by atoms with Gasteiger partial charge in [-0.1, -0.05) is 0 Å². The number of imidazole rings is 1. The minimum atomic E-state index is -4.46. The Hall–Kier alpha value is -1.66. The second-order valence-electron chi connectivity index (χ2n) is 3.35. The van der Waals surface area contributed by atoms with Gasteiger partial charge < -0.3 is 9.98 Å². The lowest BCUT2D eigenvalue weighted by Gasteiger charge is -2.06. The zero-order valence-electron chi connectivity index (χ0n) is 9.05. The highest BCUT2D eigenvalue weighted by Gasteiger charge is 2.32.